The van der Waals surface area contributed by atoms with Crippen LogP contribution in [0.5, 0.6) is 0 Å². The lowest BCUT2D eigenvalue weighted by Gasteiger charge is -2.32. The highest BCUT2D eigenvalue weighted by atomic mass is 32.2. The van der Waals surface area contributed by atoms with Crippen molar-refractivity contribution in [2.24, 2.45) is 15.1 Å². The van der Waals surface area contributed by atoms with Crippen molar-refractivity contribution in [2.45, 2.75) is 18.2 Å². The van der Waals surface area contributed by atoms with E-state index in [9.17, 15) is 0 Å². The van der Waals surface area contributed by atoms with Crippen LogP contribution >= 0.6 is 11.8 Å². The quantitative estimate of drug-likeness (QED) is 0.520. The molecule has 0 fully saturated rings. The number of quaternary nitrogens is 1. The number of aliphatic imine (C=N–C) groups is 2. The Morgan fingerprint density at radius 2 is 2.44 bits per heavy atom. The maximum Gasteiger partial charge on any atom is 0.270 e. The minimum absolute atomic E-state index is 0.315. The standard InChI is InChI=1S/C9H12N6S/c1-9(16-8-13-15-14-8)6-4-10-3-2-7(6)11-5-12-9/h4-5,15H,2-3H2,1H3,(H,11,12)(H,13,14)/p+1. The number of thioether (sulfide) groups is 1. The SMILES string of the molecule is CC1(SC2=N[NH2+]N2)N=CNC2=C1C=NCC2. The first kappa shape index (κ1) is 9.86. The van der Waals surface area contributed by atoms with Crippen LogP contribution in [0.4, 0.5) is 0 Å². The Kier molecular flexibility index (Phi) is 2.22. The third-order valence-corrected chi connectivity index (χ3v) is 3.89. The lowest BCUT2D eigenvalue weighted by atomic mass is 10.0. The summed E-state index contributed by atoms with van der Waals surface area (Å²) in [5.41, 5.74) is 7.10. The van der Waals surface area contributed by atoms with Gasteiger partial charge in [-0.05, 0) is 23.8 Å². The number of nitrogens with zero attached hydrogens (tertiary/aromatic N) is 3. The van der Waals surface area contributed by atoms with Crippen LogP contribution in [0.3, 0.4) is 0 Å². The van der Waals surface area contributed by atoms with Gasteiger partial charge in [0.25, 0.3) is 5.17 Å². The molecular formula is C9H13N6S+. The van der Waals surface area contributed by atoms with Gasteiger partial charge >= 0.3 is 0 Å². The van der Waals surface area contributed by atoms with Crippen LogP contribution < -0.4 is 16.3 Å². The van der Waals surface area contributed by atoms with Crippen molar-refractivity contribution in [2.75, 3.05) is 6.54 Å². The molecule has 0 aromatic rings. The van der Waals surface area contributed by atoms with Gasteiger partial charge in [0.1, 0.15) is 4.87 Å². The van der Waals surface area contributed by atoms with Gasteiger partial charge in [-0.3, -0.25) is 9.98 Å². The first-order valence-electron chi connectivity index (χ1n) is 5.17. The van der Waals surface area contributed by atoms with Gasteiger partial charge < -0.3 is 5.32 Å². The maximum absolute atomic E-state index is 4.51. The summed E-state index contributed by atoms with van der Waals surface area (Å²) in [5.74, 6) is 0. The lowest BCUT2D eigenvalue weighted by Crippen LogP contribution is -2.96. The molecule has 16 heavy (non-hydrogen) atoms. The molecule has 0 aromatic heterocycles. The van der Waals surface area contributed by atoms with Gasteiger partial charge in [0, 0.05) is 30.5 Å². The predicted molar refractivity (Wildman–Crippen MR) is 65.1 cm³/mol. The van der Waals surface area contributed by atoms with E-state index in [4.69, 9.17) is 0 Å². The second-order valence-corrected chi connectivity index (χ2v) is 5.26. The molecule has 7 heteroatoms. The number of hydrogen-bond donors (Lipinski definition) is 3. The Balaban J connectivity index is 1.91. The van der Waals surface area contributed by atoms with Gasteiger partial charge in [0.05, 0.1) is 6.34 Å². The van der Waals surface area contributed by atoms with Gasteiger partial charge in [0.15, 0.2) is 0 Å². The summed E-state index contributed by atoms with van der Waals surface area (Å²) in [6.07, 6.45) is 4.66. The first-order valence-corrected chi connectivity index (χ1v) is 5.98. The van der Waals surface area contributed by atoms with Crippen LogP contribution in [-0.2, 0) is 0 Å². The summed E-state index contributed by atoms with van der Waals surface area (Å²) in [4.78, 5) is 8.53. The normalized spacial score (nSPS) is 31.2. The Labute approximate surface area is 97.4 Å². The third kappa shape index (κ3) is 1.52. The number of rotatable bonds is 1. The molecule has 3 rings (SSSR count). The van der Waals surface area contributed by atoms with E-state index in [2.05, 4.69) is 32.8 Å². The van der Waals surface area contributed by atoms with Crippen molar-refractivity contribution in [3.05, 3.63) is 11.3 Å². The molecule has 3 aliphatic heterocycles. The highest BCUT2D eigenvalue weighted by Crippen LogP contribution is 2.37. The van der Waals surface area contributed by atoms with Crippen LogP contribution in [0.25, 0.3) is 0 Å². The van der Waals surface area contributed by atoms with Gasteiger partial charge in [-0.2, -0.15) is 5.43 Å². The minimum Gasteiger partial charge on any atom is -0.350 e. The fraction of sp³-hybridized carbons (Fsp3) is 0.444. The molecule has 0 spiro atoms. The molecule has 0 saturated carbocycles. The van der Waals surface area contributed by atoms with Crippen molar-refractivity contribution in [1.29, 1.82) is 0 Å². The zero-order chi connectivity index (χ0) is 11.0. The van der Waals surface area contributed by atoms with Gasteiger partial charge in [-0.25, -0.2) is 0 Å². The van der Waals surface area contributed by atoms with E-state index in [1.807, 2.05) is 6.21 Å². The molecule has 0 aromatic carbocycles. The van der Waals surface area contributed by atoms with Crippen LogP contribution in [0.2, 0.25) is 0 Å². The molecule has 6 nitrogen and oxygen atoms in total. The molecule has 0 amide bonds. The summed E-state index contributed by atoms with van der Waals surface area (Å²) in [7, 11) is 0. The van der Waals surface area contributed by atoms with E-state index < -0.39 is 0 Å². The average Bonchev–Trinajstić information content (AvgIpc) is 2.25. The zero-order valence-electron chi connectivity index (χ0n) is 8.90. The number of dihydropyridines is 1. The predicted octanol–water partition coefficient (Wildman–Crippen LogP) is -0.851. The molecule has 4 N–H and O–H groups in total. The van der Waals surface area contributed by atoms with E-state index in [0.29, 0.717) is 0 Å². The van der Waals surface area contributed by atoms with Gasteiger partial charge in [-0.15, -0.1) is 5.53 Å². The molecule has 84 valence electrons. The van der Waals surface area contributed by atoms with E-state index in [1.165, 1.54) is 5.70 Å². The Bertz CT molecular complexity index is 437. The number of nitrogens with two attached hydrogens (primary N) is 1. The summed E-state index contributed by atoms with van der Waals surface area (Å²) >= 11 is 1.62. The molecule has 0 bridgehead atoms. The number of amidine groups is 1. The van der Waals surface area contributed by atoms with Crippen LogP contribution in [0, 0.1) is 0 Å². The summed E-state index contributed by atoms with van der Waals surface area (Å²) in [5, 5.41) is 8.24. The lowest BCUT2D eigenvalue weighted by molar-refractivity contribution is -0.725. The highest BCUT2D eigenvalue weighted by molar-refractivity contribution is 8.15. The highest BCUT2D eigenvalue weighted by Gasteiger charge is 2.37. The first-order chi connectivity index (χ1) is 7.78. The summed E-state index contributed by atoms with van der Waals surface area (Å²) in [6, 6.07) is 0. The van der Waals surface area contributed by atoms with Crippen molar-refractivity contribution < 1.29 is 5.53 Å². The van der Waals surface area contributed by atoms with Crippen LogP contribution in [0.1, 0.15) is 13.3 Å². The summed E-state index contributed by atoms with van der Waals surface area (Å²) < 4.78 is 0. The molecular weight excluding hydrogens is 224 g/mol. The number of nitrogens with one attached hydrogen (secondary N) is 2. The van der Waals surface area contributed by atoms with Gasteiger partial charge in [-0.1, -0.05) is 0 Å². The maximum atomic E-state index is 4.51. The zero-order valence-corrected chi connectivity index (χ0v) is 9.71. The van der Waals surface area contributed by atoms with Gasteiger partial charge in [0.2, 0.25) is 0 Å². The van der Waals surface area contributed by atoms with Crippen LogP contribution in [-0.4, -0.2) is 29.1 Å². The number of hydrogen-bond acceptors (Lipinski definition) is 6. The minimum atomic E-state index is -0.315. The second-order valence-electron chi connectivity index (χ2n) is 3.87. The molecule has 1 atom stereocenters. The van der Waals surface area contributed by atoms with E-state index in [0.717, 1.165) is 23.7 Å². The fourth-order valence-electron chi connectivity index (χ4n) is 1.84. The second kappa shape index (κ2) is 3.60. The molecule has 0 saturated heterocycles. The largest absolute Gasteiger partial charge is 0.350 e. The average molecular weight is 237 g/mol. The smallest absolute Gasteiger partial charge is 0.270 e. The fourth-order valence-corrected chi connectivity index (χ4v) is 2.82. The summed E-state index contributed by atoms with van der Waals surface area (Å²) in [6.45, 7) is 2.94. The van der Waals surface area contributed by atoms with E-state index in [-0.39, 0.29) is 4.87 Å². The molecule has 3 aliphatic rings. The van der Waals surface area contributed by atoms with E-state index in [1.54, 1.807) is 23.6 Å². The van der Waals surface area contributed by atoms with E-state index >= 15 is 0 Å². The van der Waals surface area contributed by atoms with Crippen molar-refractivity contribution in [1.82, 2.24) is 10.7 Å². The van der Waals surface area contributed by atoms with Crippen molar-refractivity contribution >= 4 is 29.5 Å². The Morgan fingerprint density at radius 1 is 1.56 bits per heavy atom. The Morgan fingerprint density at radius 3 is 3.19 bits per heavy atom. The molecule has 0 radical (unpaired) electrons. The van der Waals surface area contributed by atoms with Crippen molar-refractivity contribution in [3.8, 4) is 0 Å². The molecule has 0 aliphatic carbocycles. The Hall–Kier alpha value is -1.34. The third-order valence-electron chi connectivity index (χ3n) is 2.75. The van der Waals surface area contributed by atoms with Crippen LogP contribution in [0.15, 0.2) is 26.4 Å². The molecule has 1 unspecified atom stereocenters. The monoisotopic (exact) mass is 237 g/mol. The molecule has 3 heterocycles. The van der Waals surface area contributed by atoms with Crippen molar-refractivity contribution in [3.63, 3.8) is 0 Å². The topological polar surface area (TPSA) is 77.8 Å².